The van der Waals surface area contributed by atoms with Crippen LogP contribution in [0.2, 0.25) is 0 Å². The molecule has 2 nitrogen and oxygen atoms in total. The summed E-state index contributed by atoms with van der Waals surface area (Å²) in [5.74, 6) is 0.343. The first kappa shape index (κ1) is 21.8. The van der Waals surface area contributed by atoms with Crippen molar-refractivity contribution in [1.29, 1.82) is 0 Å². The first-order valence-corrected chi connectivity index (χ1v) is 8.42. The Hall–Kier alpha value is -2.22. The quantitative estimate of drug-likeness (QED) is 0.662. The average Bonchev–Trinajstić information content (AvgIpc) is 2.63. The van der Waals surface area contributed by atoms with Gasteiger partial charge in [0, 0.05) is 18.4 Å². The van der Waals surface area contributed by atoms with E-state index in [-0.39, 0.29) is 5.41 Å². The van der Waals surface area contributed by atoms with Crippen LogP contribution in [0.5, 0.6) is 0 Å². The monoisotopic (exact) mass is 326 g/mol. The molecular formula is C22H30O2. The summed E-state index contributed by atoms with van der Waals surface area (Å²) in [5.41, 5.74) is 2.16. The topological polar surface area (TPSA) is 34.1 Å². The minimum Gasteiger partial charge on any atom is -0.300 e. The second-order valence-corrected chi connectivity index (χ2v) is 6.39. The molecule has 130 valence electrons. The van der Waals surface area contributed by atoms with E-state index in [9.17, 15) is 9.59 Å². The van der Waals surface area contributed by atoms with Gasteiger partial charge in [0.05, 0.1) is 0 Å². The van der Waals surface area contributed by atoms with Crippen molar-refractivity contribution in [3.63, 3.8) is 0 Å². The Balaban J connectivity index is 0.000000371. The first-order valence-electron chi connectivity index (χ1n) is 8.42. The van der Waals surface area contributed by atoms with Gasteiger partial charge in [-0.05, 0) is 11.0 Å². The molecule has 0 aromatic heterocycles. The van der Waals surface area contributed by atoms with Crippen LogP contribution in [0.25, 0.3) is 0 Å². The van der Waals surface area contributed by atoms with Gasteiger partial charge in [0.15, 0.2) is 0 Å². The normalized spacial score (nSPS) is 9.71. The molecule has 0 saturated heterocycles. The summed E-state index contributed by atoms with van der Waals surface area (Å²) in [4.78, 5) is 20.5. The highest BCUT2D eigenvalue weighted by molar-refractivity contribution is 5.77. The number of Topliss-reactive ketones (excluding diaryl/α,β-unsaturated/α-hetero) is 1. The van der Waals surface area contributed by atoms with Crippen molar-refractivity contribution in [3.05, 3.63) is 71.8 Å². The smallest absolute Gasteiger partial charge is 0.150 e. The Morgan fingerprint density at radius 2 is 1.21 bits per heavy atom. The lowest BCUT2D eigenvalue weighted by atomic mass is 9.87. The molecule has 0 amide bonds. The predicted octanol–water partition coefficient (Wildman–Crippen LogP) is 5.86. The van der Waals surface area contributed by atoms with Crippen molar-refractivity contribution in [2.45, 2.75) is 52.9 Å². The van der Waals surface area contributed by atoms with Crippen molar-refractivity contribution >= 4 is 12.1 Å². The minimum atomic E-state index is 0.168. The number of benzene rings is 2. The first-order chi connectivity index (χ1) is 11.3. The fraction of sp³-hybridized carbons (Fsp3) is 0.364. The molecule has 0 bridgehead atoms. The Labute approximate surface area is 146 Å². The summed E-state index contributed by atoms with van der Waals surface area (Å²) in [6.07, 6.45) is 2.25. The number of rotatable bonds is 3. The van der Waals surface area contributed by atoms with E-state index in [0.717, 1.165) is 11.8 Å². The molecule has 2 aromatic carbocycles. The average molecular weight is 326 g/mol. The zero-order chi connectivity index (χ0) is 18.4. The molecule has 0 spiro atoms. The Bertz CT molecular complexity index is 530. The summed E-state index contributed by atoms with van der Waals surface area (Å²) in [6, 6.07) is 19.7. The number of carbonyl (C=O) groups is 2. The fourth-order valence-corrected chi connectivity index (χ4v) is 1.70. The summed E-state index contributed by atoms with van der Waals surface area (Å²) >= 11 is 0. The van der Waals surface area contributed by atoms with E-state index >= 15 is 0 Å². The van der Waals surface area contributed by atoms with Gasteiger partial charge in [-0.25, -0.2) is 0 Å². The molecule has 0 N–H and O–H groups in total. The highest BCUT2D eigenvalue weighted by Gasteiger charge is 2.12. The van der Waals surface area contributed by atoms with Crippen LogP contribution in [0.4, 0.5) is 0 Å². The van der Waals surface area contributed by atoms with E-state index in [1.54, 1.807) is 0 Å². The SMILES string of the molecule is CC(C)(C)c1ccc(C=O)cc1.CCC(=O)CC.c1ccccc1. The highest BCUT2D eigenvalue weighted by atomic mass is 16.1. The molecule has 0 radical (unpaired) electrons. The number of carbonyl (C=O) groups excluding carboxylic acids is 2. The molecule has 0 aliphatic heterocycles. The molecule has 2 rings (SSSR count). The van der Waals surface area contributed by atoms with Gasteiger partial charge < -0.3 is 0 Å². The van der Waals surface area contributed by atoms with Crippen LogP contribution < -0.4 is 0 Å². The maximum absolute atomic E-state index is 10.4. The third-order valence-electron chi connectivity index (χ3n) is 3.37. The molecule has 24 heavy (non-hydrogen) atoms. The fourth-order valence-electron chi connectivity index (χ4n) is 1.70. The second-order valence-electron chi connectivity index (χ2n) is 6.39. The number of hydrogen-bond acceptors (Lipinski definition) is 2. The lowest BCUT2D eigenvalue weighted by Gasteiger charge is -2.18. The lowest BCUT2D eigenvalue weighted by Crippen LogP contribution is -2.10. The molecule has 0 atom stereocenters. The van der Waals surface area contributed by atoms with Crippen molar-refractivity contribution < 1.29 is 9.59 Å². The summed E-state index contributed by atoms with van der Waals surface area (Å²) in [6.45, 7) is 10.2. The van der Waals surface area contributed by atoms with Gasteiger partial charge in [0.25, 0.3) is 0 Å². The van der Waals surface area contributed by atoms with Gasteiger partial charge in [-0.3, -0.25) is 9.59 Å². The number of ketones is 1. The lowest BCUT2D eigenvalue weighted by molar-refractivity contribution is -0.118. The third kappa shape index (κ3) is 10.5. The van der Waals surface area contributed by atoms with Crippen LogP contribution in [-0.2, 0) is 10.2 Å². The van der Waals surface area contributed by atoms with E-state index in [2.05, 4.69) is 20.8 Å². The molecular weight excluding hydrogens is 296 g/mol. The van der Waals surface area contributed by atoms with Crippen LogP contribution in [-0.4, -0.2) is 12.1 Å². The van der Waals surface area contributed by atoms with Crippen molar-refractivity contribution in [3.8, 4) is 0 Å². The van der Waals surface area contributed by atoms with Gasteiger partial charge in [-0.2, -0.15) is 0 Å². The summed E-state index contributed by atoms with van der Waals surface area (Å²) in [7, 11) is 0. The van der Waals surface area contributed by atoms with E-state index in [0.29, 0.717) is 18.6 Å². The van der Waals surface area contributed by atoms with E-state index < -0.39 is 0 Å². The molecule has 0 aliphatic rings. The van der Waals surface area contributed by atoms with Crippen LogP contribution in [0, 0.1) is 0 Å². The zero-order valence-corrected chi connectivity index (χ0v) is 15.6. The minimum absolute atomic E-state index is 0.168. The van der Waals surface area contributed by atoms with Crippen molar-refractivity contribution in [2.75, 3.05) is 0 Å². The second kappa shape index (κ2) is 12.2. The van der Waals surface area contributed by atoms with Crippen LogP contribution in [0.3, 0.4) is 0 Å². The largest absolute Gasteiger partial charge is 0.300 e. The van der Waals surface area contributed by atoms with Crippen molar-refractivity contribution in [1.82, 2.24) is 0 Å². The molecule has 2 heteroatoms. The highest BCUT2D eigenvalue weighted by Crippen LogP contribution is 2.21. The maximum Gasteiger partial charge on any atom is 0.150 e. The number of hydrogen-bond donors (Lipinski definition) is 0. The van der Waals surface area contributed by atoms with Gasteiger partial charge in [0.2, 0.25) is 0 Å². The Morgan fingerprint density at radius 1 is 0.833 bits per heavy atom. The Kier molecular flexibility index (Phi) is 11.1. The van der Waals surface area contributed by atoms with Gasteiger partial charge in [0.1, 0.15) is 12.1 Å². The van der Waals surface area contributed by atoms with E-state index in [1.165, 1.54) is 5.56 Å². The molecule has 0 heterocycles. The third-order valence-corrected chi connectivity index (χ3v) is 3.37. The zero-order valence-electron chi connectivity index (χ0n) is 15.6. The maximum atomic E-state index is 10.4. The summed E-state index contributed by atoms with van der Waals surface area (Å²) in [5, 5.41) is 0. The predicted molar refractivity (Wildman–Crippen MR) is 103 cm³/mol. The number of aldehydes is 1. The van der Waals surface area contributed by atoms with Crippen LogP contribution in [0.15, 0.2) is 60.7 Å². The summed E-state index contributed by atoms with van der Waals surface area (Å²) < 4.78 is 0. The van der Waals surface area contributed by atoms with Gasteiger partial charge in [-0.1, -0.05) is 95.3 Å². The van der Waals surface area contributed by atoms with Crippen molar-refractivity contribution in [2.24, 2.45) is 0 Å². The molecule has 0 aliphatic carbocycles. The van der Waals surface area contributed by atoms with E-state index in [1.807, 2.05) is 74.5 Å². The van der Waals surface area contributed by atoms with Gasteiger partial charge >= 0.3 is 0 Å². The Morgan fingerprint density at radius 3 is 1.42 bits per heavy atom. The van der Waals surface area contributed by atoms with Crippen LogP contribution >= 0.6 is 0 Å². The van der Waals surface area contributed by atoms with Crippen LogP contribution in [0.1, 0.15) is 63.4 Å². The standard InChI is InChI=1S/C11H14O.C6H6.C5H10O/c1-11(2,3)10-6-4-9(8-12)5-7-10;1-2-4-6-5-3-1;1-3-5(6)4-2/h4-8H,1-3H3;1-6H;3-4H2,1-2H3. The molecule has 0 fully saturated rings. The molecule has 0 saturated carbocycles. The van der Waals surface area contributed by atoms with E-state index in [4.69, 9.17) is 0 Å². The van der Waals surface area contributed by atoms with Gasteiger partial charge in [-0.15, -0.1) is 0 Å². The molecule has 2 aromatic rings. The molecule has 0 unspecified atom stereocenters.